The molecule has 0 saturated carbocycles. The zero-order valence-electron chi connectivity index (χ0n) is 9.43. The minimum absolute atomic E-state index is 0.715. The zero-order valence-corrected chi connectivity index (χ0v) is 11.0. The van der Waals surface area contributed by atoms with Gasteiger partial charge in [-0.2, -0.15) is 0 Å². The van der Waals surface area contributed by atoms with Crippen LogP contribution in [0, 0.1) is 0 Å². The molecule has 1 N–H and O–H groups in total. The standard InChI is InChI=1S/C13H10ClN3S/c14-9-4-5-11-12(7-9)17-13(16-11)18-8-10-3-1-2-6-15-10/h1-7H,8H2,(H,16,17). The van der Waals surface area contributed by atoms with E-state index < -0.39 is 0 Å². The van der Waals surface area contributed by atoms with E-state index in [-0.39, 0.29) is 0 Å². The van der Waals surface area contributed by atoms with Gasteiger partial charge in [-0.3, -0.25) is 4.98 Å². The van der Waals surface area contributed by atoms with Crippen molar-refractivity contribution >= 4 is 34.4 Å². The van der Waals surface area contributed by atoms with Gasteiger partial charge >= 0.3 is 0 Å². The van der Waals surface area contributed by atoms with Gasteiger partial charge in [0.15, 0.2) is 5.16 Å². The first-order chi connectivity index (χ1) is 8.81. The number of imidazole rings is 1. The Morgan fingerprint density at radius 3 is 3.00 bits per heavy atom. The molecular weight excluding hydrogens is 266 g/mol. The van der Waals surface area contributed by atoms with Crippen molar-refractivity contribution in [2.75, 3.05) is 0 Å². The lowest BCUT2D eigenvalue weighted by Crippen LogP contribution is -1.85. The molecule has 0 atom stereocenters. The summed E-state index contributed by atoms with van der Waals surface area (Å²) in [6, 6.07) is 11.6. The number of benzene rings is 1. The molecule has 0 spiro atoms. The van der Waals surface area contributed by atoms with Crippen LogP contribution in [-0.2, 0) is 5.75 Å². The van der Waals surface area contributed by atoms with Crippen LogP contribution in [0.25, 0.3) is 11.0 Å². The summed E-state index contributed by atoms with van der Waals surface area (Å²) in [4.78, 5) is 12.0. The number of halogens is 1. The lowest BCUT2D eigenvalue weighted by atomic mass is 10.3. The minimum Gasteiger partial charge on any atom is -0.333 e. The highest BCUT2D eigenvalue weighted by Gasteiger charge is 2.04. The van der Waals surface area contributed by atoms with Crippen LogP contribution in [-0.4, -0.2) is 15.0 Å². The highest BCUT2D eigenvalue weighted by molar-refractivity contribution is 7.98. The molecule has 0 amide bonds. The van der Waals surface area contributed by atoms with Crippen LogP contribution in [0.3, 0.4) is 0 Å². The van der Waals surface area contributed by atoms with Gasteiger partial charge in [0.25, 0.3) is 0 Å². The topological polar surface area (TPSA) is 41.6 Å². The Kier molecular flexibility index (Phi) is 3.21. The van der Waals surface area contributed by atoms with Crippen molar-refractivity contribution in [2.24, 2.45) is 0 Å². The SMILES string of the molecule is Clc1ccc2nc(SCc3ccccn3)[nH]c2c1. The van der Waals surface area contributed by atoms with Gasteiger partial charge in [0, 0.05) is 17.0 Å². The van der Waals surface area contributed by atoms with Crippen LogP contribution in [0.1, 0.15) is 5.69 Å². The lowest BCUT2D eigenvalue weighted by Gasteiger charge is -1.96. The molecule has 2 aromatic heterocycles. The van der Waals surface area contributed by atoms with Crippen LogP contribution in [0.4, 0.5) is 0 Å². The van der Waals surface area contributed by atoms with Crippen LogP contribution >= 0.6 is 23.4 Å². The highest BCUT2D eigenvalue weighted by Crippen LogP contribution is 2.24. The van der Waals surface area contributed by atoms with Crippen molar-refractivity contribution in [2.45, 2.75) is 10.9 Å². The number of hydrogen-bond acceptors (Lipinski definition) is 3. The third kappa shape index (κ3) is 2.49. The number of fused-ring (bicyclic) bond motifs is 1. The summed E-state index contributed by atoms with van der Waals surface area (Å²) < 4.78 is 0. The average molecular weight is 276 g/mol. The molecule has 0 aliphatic rings. The Labute approximate surface area is 114 Å². The molecule has 5 heteroatoms. The van der Waals surface area contributed by atoms with Gasteiger partial charge in [-0.25, -0.2) is 4.98 Å². The number of rotatable bonds is 3. The fourth-order valence-corrected chi connectivity index (χ4v) is 2.63. The molecule has 0 fully saturated rings. The molecule has 0 aliphatic heterocycles. The molecule has 0 bridgehead atoms. The predicted octanol–water partition coefficient (Wildman–Crippen LogP) is 3.90. The van der Waals surface area contributed by atoms with E-state index in [0.717, 1.165) is 27.6 Å². The molecule has 2 heterocycles. The lowest BCUT2D eigenvalue weighted by molar-refractivity contribution is 1.07. The highest BCUT2D eigenvalue weighted by atomic mass is 35.5. The normalized spacial score (nSPS) is 10.9. The van der Waals surface area contributed by atoms with Crippen molar-refractivity contribution < 1.29 is 0 Å². The van der Waals surface area contributed by atoms with Crippen molar-refractivity contribution in [3.05, 3.63) is 53.3 Å². The maximum absolute atomic E-state index is 5.94. The largest absolute Gasteiger partial charge is 0.333 e. The number of hydrogen-bond donors (Lipinski definition) is 1. The summed E-state index contributed by atoms with van der Waals surface area (Å²) in [5.74, 6) is 0.800. The zero-order chi connectivity index (χ0) is 12.4. The number of H-pyrrole nitrogens is 1. The second-order valence-electron chi connectivity index (χ2n) is 3.81. The van der Waals surface area contributed by atoms with E-state index in [9.17, 15) is 0 Å². The minimum atomic E-state index is 0.715. The second-order valence-corrected chi connectivity index (χ2v) is 5.21. The second kappa shape index (κ2) is 5.00. The van der Waals surface area contributed by atoms with E-state index in [0.29, 0.717) is 5.02 Å². The van der Waals surface area contributed by atoms with Gasteiger partial charge in [0.1, 0.15) is 0 Å². The number of pyridine rings is 1. The number of nitrogens with zero attached hydrogens (tertiary/aromatic N) is 2. The molecular formula is C13H10ClN3S. The molecule has 90 valence electrons. The molecule has 0 aliphatic carbocycles. The Balaban J connectivity index is 1.79. The van der Waals surface area contributed by atoms with E-state index in [1.54, 1.807) is 18.0 Å². The van der Waals surface area contributed by atoms with E-state index in [1.165, 1.54) is 0 Å². The molecule has 18 heavy (non-hydrogen) atoms. The smallest absolute Gasteiger partial charge is 0.166 e. The first-order valence-electron chi connectivity index (χ1n) is 5.49. The van der Waals surface area contributed by atoms with Gasteiger partial charge in [-0.15, -0.1) is 0 Å². The quantitative estimate of drug-likeness (QED) is 0.737. The molecule has 3 rings (SSSR count). The number of thioether (sulfide) groups is 1. The molecule has 0 radical (unpaired) electrons. The van der Waals surface area contributed by atoms with Gasteiger partial charge in [-0.1, -0.05) is 29.4 Å². The van der Waals surface area contributed by atoms with Crippen molar-refractivity contribution in [1.29, 1.82) is 0 Å². The monoisotopic (exact) mass is 275 g/mol. The summed E-state index contributed by atoms with van der Waals surface area (Å²) in [5, 5.41) is 1.60. The summed E-state index contributed by atoms with van der Waals surface area (Å²) >= 11 is 7.57. The summed E-state index contributed by atoms with van der Waals surface area (Å²) in [6.07, 6.45) is 1.80. The van der Waals surface area contributed by atoms with Gasteiger partial charge in [-0.05, 0) is 30.3 Å². The Morgan fingerprint density at radius 2 is 2.17 bits per heavy atom. The fourth-order valence-electron chi connectivity index (χ4n) is 1.65. The van der Waals surface area contributed by atoms with Crippen LogP contribution < -0.4 is 0 Å². The van der Waals surface area contributed by atoms with Gasteiger partial charge < -0.3 is 4.98 Å². The molecule has 1 aromatic carbocycles. The summed E-state index contributed by atoms with van der Waals surface area (Å²) in [7, 11) is 0. The molecule has 0 unspecified atom stereocenters. The molecule has 3 nitrogen and oxygen atoms in total. The van der Waals surface area contributed by atoms with Gasteiger partial charge in [0.05, 0.1) is 16.7 Å². The average Bonchev–Trinajstić information content (AvgIpc) is 2.79. The summed E-state index contributed by atoms with van der Waals surface area (Å²) in [6.45, 7) is 0. The molecule has 3 aromatic rings. The Morgan fingerprint density at radius 1 is 1.22 bits per heavy atom. The number of aromatic nitrogens is 3. The van der Waals surface area contributed by atoms with Gasteiger partial charge in [0.2, 0.25) is 0 Å². The first kappa shape index (κ1) is 11.6. The van der Waals surface area contributed by atoms with Crippen molar-refractivity contribution in [1.82, 2.24) is 15.0 Å². The van der Waals surface area contributed by atoms with E-state index >= 15 is 0 Å². The van der Waals surface area contributed by atoms with E-state index in [4.69, 9.17) is 11.6 Å². The maximum Gasteiger partial charge on any atom is 0.166 e. The van der Waals surface area contributed by atoms with Crippen LogP contribution in [0.2, 0.25) is 5.02 Å². The van der Waals surface area contributed by atoms with Crippen LogP contribution in [0.5, 0.6) is 0 Å². The maximum atomic E-state index is 5.94. The Bertz CT molecular complexity index is 666. The third-order valence-corrected chi connectivity index (χ3v) is 3.65. The third-order valence-electron chi connectivity index (χ3n) is 2.51. The van der Waals surface area contributed by atoms with Crippen molar-refractivity contribution in [3.8, 4) is 0 Å². The predicted molar refractivity (Wildman–Crippen MR) is 74.9 cm³/mol. The first-order valence-corrected chi connectivity index (χ1v) is 6.85. The number of aromatic amines is 1. The summed E-state index contributed by atoms with van der Waals surface area (Å²) in [5.41, 5.74) is 2.94. The van der Waals surface area contributed by atoms with E-state index in [2.05, 4.69) is 15.0 Å². The Hall–Kier alpha value is -1.52. The molecule has 0 saturated heterocycles. The number of nitrogens with one attached hydrogen (secondary N) is 1. The fraction of sp³-hybridized carbons (Fsp3) is 0.0769. The van der Waals surface area contributed by atoms with Crippen molar-refractivity contribution in [3.63, 3.8) is 0 Å². The van der Waals surface area contributed by atoms with Crippen LogP contribution in [0.15, 0.2) is 47.8 Å². The van der Waals surface area contributed by atoms with E-state index in [1.807, 2.05) is 36.4 Å².